The van der Waals surface area contributed by atoms with Gasteiger partial charge in [-0.3, -0.25) is 4.79 Å². The van der Waals surface area contributed by atoms with E-state index in [4.69, 9.17) is 5.53 Å². The van der Waals surface area contributed by atoms with Crippen LogP contribution in [0.25, 0.3) is 21.6 Å². The highest BCUT2D eigenvalue weighted by atomic mass is 16.1. The summed E-state index contributed by atoms with van der Waals surface area (Å²) in [6, 6.07) is 17.6. The van der Waals surface area contributed by atoms with E-state index in [1.807, 2.05) is 54.6 Å². The van der Waals surface area contributed by atoms with Crippen molar-refractivity contribution in [1.82, 2.24) is 0 Å². The average molecular weight is 237 g/mol. The van der Waals surface area contributed by atoms with Crippen LogP contribution >= 0.6 is 0 Å². The topological polar surface area (TPSA) is 65.8 Å². The summed E-state index contributed by atoms with van der Waals surface area (Å²) in [5, 5.41) is 3.04. The maximum Gasteiger partial charge on any atom is 0.223 e. The third-order valence-electron chi connectivity index (χ3n) is 2.57. The van der Waals surface area contributed by atoms with E-state index >= 15 is 0 Å². The third-order valence-corrected chi connectivity index (χ3v) is 2.57. The monoisotopic (exact) mass is 237 g/mol. The lowest BCUT2D eigenvalue weighted by molar-refractivity contribution is -0.117. The van der Waals surface area contributed by atoms with Crippen molar-refractivity contribution < 1.29 is 4.79 Å². The number of carbonyl (C=O) groups is 1. The van der Waals surface area contributed by atoms with Gasteiger partial charge in [-0.05, 0) is 27.3 Å². The minimum Gasteiger partial charge on any atom is -0.292 e. The molecule has 0 heterocycles. The van der Waals surface area contributed by atoms with E-state index < -0.39 is 5.91 Å². The molecule has 0 unspecified atom stereocenters. The van der Waals surface area contributed by atoms with Gasteiger partial charge in [-0.1, -0.05) is 54.6 Å². The number of azide groups is 1. The normalized spacial score (nSPS) is 9.56. The maximum atomic E-state index is 11.1. The van der Waals surface area contributed by atoms with E-state index in [-0.39, 0.29) is 6.42 Å². The number of amides is 1. The molecular formula is C14H11N3O. The molecule has 0 N–H and O–H groups in total. The molecular weight excluding hydrogens is 226 g/mol. The summed E-state index contributed by atoms with van der Waals surface area (Å²) in [7, 11) is 0. The van der Waals surface area contributed by atoms with Crippen molar-refractivity contribution in [2.75, 3.05) is 0 Å². The lowest BCUT2D eigenvalue weighted by Crippen LogP contribution is -1.97. The molecule has 0 aliphatic heterocycles. The van der Waals surface area contributed by atoms with Gasteiger partial charge in [0.2, 0.25) is 5.91 Å². The Hall–Kier alpha value is -2.58. The van der Waals surface area contributed by atoms with Gasteiger partial charge in [0.25, 0.3) is 0 Å². The van der Waals surface area contributed by atoms with Gasteiger partial charge in [0, 0.05) is 11.3 Å². The van der Waals surface area contributed by atoms with Crippen LogP contribution in [0.15, 0.2) is 59.7 Å². The number of rotatable bonds is 3. The quantitative estimate of drug-likeness (QED) is 0.455. The summed E-state index contributed by atoms with van der Waals surface area (Å²) in [6.45, 7) is 0. The highest BCUT2D eigenvalue weighted by Gasteiger charge is 2.01. The fourth-order valence-electron chi connectivity index (χ4n) is 1.71. The van der Waals surface area contributed by atoms with Crippen molar-refractivity contribution in [3.8, 4) is 11.1 Å². The first-order valence-corrected chi connectivity index (χ1v) is 5.52. The van der Waals surface area contributed by atoms with Gasteiger partial charge >= 0.3 is 0 Å². The Morgan fingerprint density at radius 3 is 2.22 bits per heavy atom. The molecule has 0 fully saturated rings. The van der Waals surface area contributed by atoms with Gasteiger partial charge in [-0.15, -0.1) is 0 Å². The molecule has 0 aromatic heterocycles. The van der Waals surface area contributed by atoms with Crippen molar-refractivity contribution in [2.45, 2.75) is 6.42 Å². The van der Waals surface area contributed by atoms with Gasteiger partial charge in [0.1, 0.15) is 0 Å². The largest absolute Gasteiger partial charge is 0.292 e. The Morgan fingerprint density at radius 1 is 1.00 bits per heavy atom. The van der Waals surface area contributed by atoms with Gasteiger partial charge in [-0.2, -0.15) is 0 Å². The van der Waals surface area contributed by atoms with Crippen LogP contribution in [0.3, 0.4) is 0 Å². The van der Waals surface area contributed by atoms with Crippen LogP contribution in [-0.4, -0.2) is 5.91 Å². The second kappa shape index (κ2) is 5.66. The van der Waals surface area contributed by atoms with Crippen molar-refractivity contribution in [2.24, 2.45) is 5.11 Å². The van der Waals surface area contributed by atoms with Crippen LogP contribution in [0.1, 0.15) is 5.56 Å². The number of benzene rings is 2. The van der Waals surface area contributed by atoms with Crippen molar-refractivity contribution >= 4 is 5.91 Å². The van der Waals surface area contributed by atoms with E-state index in [2.05, 4.69) is 10.0 Å². The summed E-state index contributed by atoms with van der Waals surface area (Å²) >= 11 is 0. The zero-order valence-corrected chi connectivity index (χ0v) is 9.65. The zero-order valence-electron chi connectivity index (χ0n) is 9.65. The minimum absolute atomic E-state index is 0.138. The maximum absolute atomic E-state index is 11.1. The number of nitrogens with zero attached hydrogens (tertiary/aromatic N) is 3. The van der Waals surface area contributed by atoms with Crippen molar-refractivity contribution in [3.63, 3.8) is 0 Å². The number of hydrogen-bond donors (Lipinski definition) is 0. The SMILES string of the molecule is [N-]=[N+]=NC(=O)Cc1ccc(-c2ccccc2)cc1. The van der Waals surface area contributed by atoms with Gasteiger partial charge in [0.05, 0.1) is 0 Å². The van der Waals surface area contributed by atoms with Crippen LogP contribution in [0, 0.1) is 0 Å². The summed E-state index contributed by atoms with van der Waals surface area (Å²) in [6.07, 6.45) is 0.138. The predicted octanol–water partition coefficient (Wildman–Crippen LogP) is 3.73. The molecule has 0 bridgehead atoms. The highest BCUT2D eigenvalue weighted by molar-refractivity contribution is 5.79. The van der Waals surface area contributed by atoms with Crippen LogP contribution in [0.4, 0.5) is 0 Å². The molecule has 0 aliphatic rings. The zero-order chi connectivity index (χ0) is 12.8. The summed E-state index contributed by atoms with van der Waals surface area (Å²) < 4.78 is 0. The Labute approximate surface area is 105 Å². The molecule has 0 saturated heterocycles. The molecule has 88 valence electrons. The lowest BCUT2D eigenvalue weighted by atomic mass is 10.0. The van der Waals surface area contributed by atoms with E-state index in [0.29, 0.717) is 0 Å². The smallest absolute Gasteiger partial charge is 0.223 e. The second-order valence-corrected chi connectivity index (χ2v) is 3.82. The standard InChI is InChI=1S/C14H11N3O/c15-17-16-14(18)10-11-6-8-13(9-7-11)12-4-2-1-3-5-12/h1-9H,10H2. The first kappa shape index (κ1) is 11.9. The molecule has 4 nitrogen and oxygen atoms in total. The molecule has 4 heteroatoms. The molecule has 2 aromatic carbocycles. The average Bonchev–Trinajstić information content (AvgIpc) is 2.41. The van der Waals surface area contributed by atoms with Crippen molar-refractivity contribution in [3.05, 3.63) is 70.6 Å². The number of carbonyl (C=O) groups excluding carboxylic acids is 1. The molecule has 0 aliphatic carbocycles. The molecule has 1 amide bonds. The van der Waals surface area contributed by atoms with Crippen LogP contribution in [0.5, 0.6) is 0 Å². The van der Waals surface area contributed by atoms with Gasteiger partial charge < -0.3 is 0 Å². The van der Waals surface area contributed by atoms with Crippen LogP contribution in [-0.2, 0) is 11.2 Å². The molecule has 2 rings (SSSR count). The Balaban J connectivity index is 2.16. The predicted molar refractivity (Wildman–Crippen MR) is 69.7 cm³/mol. The first-order valence-electron chi connectivity index (χ1n) is 5.52. The second-order valence-electron chi connectivity index (χ2n) is 3.82. The van der Waals surface area contributed by atoms with Gasteiger partial charge in [-0.25, -0.2) is 0 Å². The highest BCUT2D eigenvalue weighted by Crippen LogP contribution is 2.19. The lowest BCUT2D eigenvalue weighted by Gasteiger charge is -2.02. The summed E-state index contributed by atoms with van der Waals surface area (Å²) in [5.41, 5.74) is 11.2. The minimum atomic E-state index is -0.468. The molecule has 2 aromatic rings. The van der Waals surface area contributed by atoms with E-state index in [0.717, 1.165) is 16.7 Å². The Bertz CT molecular complexity index is 584. The number of hydrogen-bond acceptors (Lipinski definition) is 1. The third kappa shape index (κ3) is 2.97. The molecule has 0 radical (unpaired) electrons. The molecule has 0 saturated carbocycles. The fourth-order valence-corrected chi connectivity index (χ4v) is 1.71. The first-order chi connectivity index (χ1) is 8.79. The van der Waals surface area contributed by atoms with Gasteiger partial charge in [0.15, 0.2) is 0 Å². The molecule has 0 spiro atoms. The molecule has 18 heavy (non-hydrogen) atoms. The van der Waals surface area contributed by atoms with E-state index in [1.54, 1.807) is 0 Å². The van der Waals surface area contributed by atoms with Crippen LogP contribution < -0.4 is 0 Å². The van der Waals surface area contributed by atoms with Crippen LogP contribution in [0.2, 0.25) is 0 Å². The summed E-state index contributed by atoms with van der Waals surface area (Å²) in [5.74, 6) is -0.468. The van der Waals surface area contributed by atoms with E-state index in [1.165, 1.54) is 0 Å². The molecule has 0 atom stereocenters. The van der Waals surface area contributed by atoms with E-state index in [9.17, 15) is 4.79 Å². The fraction of sp³-hybridized carbons (Fsp3) is 0.0714. The Kier molecular flexibility index (Phi) is 3.74. The Morgan fingerprint density at radius 2 is 1.61 bits per heavy atom. The summed E-state index contributed by atoms with van der Waals surface area (Å²) in [4.78, 5) is 13.6. The van der Waals surface area contributed by atoms with Crippen molar-refractivity contribution in [1.29, 1.82) is 0 Å².